The van der Waals surface area contributed by atoms with Gasteiger partial charge in [0.05, 0.1) is 11.3 Å². The molecule has 1 spiro atoms. The third kappa shape index (κ3) is 2.30. The smallest absolute Gasteiger partial charge is 0.342 e. The molecular formula is C28H20O10. The highest BCUT2D eigenvalue weighted by molar-refractivity contribution is 6.18. The summed E-state index contributed by atoms with van der Waals surface area (Å²) in [6, 6.07) is 2.70. The standard InChI is InChI=1S/C28H20O10/c1-8-4-12(30)17-16-11(6-36-26(17)34)23(32)22-19(14(8)16)20-24(33)15-9(2)5-13(31)18-21(15)28(22,7-37-27(18)35)25(20)38-10(3)29/h4-5,20,25,30-32H,6-7H2,1-3H3/t20-,25-,28+/m0/s1. The van der Waals surface area contributed by atoms with Gasteiger partial charge in [0.1, 0.15) is 47.7 Å². The number of phenolic OH excluding ortho intramolecular Hbond substituents is 3. The maximum absolute atomic E-state index is 14.3. The Morgan fingerprint density at radius 3 is 2.29 bits per heavy atom. The first kappa shape index (κ1) is 22.6. The van der Waals surface area contributed by atoms with Gasteiger partial charge in [0.15, 0.2) is 5.78 Å². The minimum absolute atomic E-state index is 0.137. The van der Waals surface area contributed by atoms with Crippen LogP contribution in [0.5, 0.6) is 17.2 Å². The second-order valence-electron chi connectivity index (χ2n) is 10.3. The Hall–Kier alpha value is -4.60. The topological polar surface area (TPSA) is 157 Å². The number of phenols is 3. The Labute approximate surface area is 214 Å². The van der Waals surface area contributed by atoms with Gasteiger partial charge in [0.2, 0.25) is 0 Å². The molecule has 3 aromatic carbocycles. The van der Waals surface area contributed by atoms with Gasteiger partial charge in [0.25, 0.3) is 0 Å². The molecule has 192 valence electrons. The zero-order valence-electron chi connectivity index (χ0n) is 20.4. The lowest BCUT2D eigenvalue weighted by Gasteiger charge is -2.44. The third-order valence-corrected chi connectivity index (χ3v) is 8.37. The Morgan fingerprint density at radius 2 is 1.58 bits per heavy atom. The van der Waals surface area contributed by atoms with Crippen LogP contribution in [-0.2, 0) is 31.0 Å². The minimum Gasteiger partial charge on any atom is -0.507 e. The normalized spacial score (nSPS) is 24.0. The molecule has 0 aromatic heterocycles. The molecular weight excluding hydrogens is 496 g/mol. The number of hydrogen-bond acceptors (Lipinski definition) is 10. The first-order valence-corrected chi connectivity index (χ1v) is 12.0. The Morgan fingerprint density at radius 1 is 0.921 bits per heavy atom. The second kappa shape index (κ2) is 6.83. The van der Waals surface area contributed by atoms with Crippen molar-refractivity contribution in [3.63, 3.8) is 0 Å². The van der Waals surface area contributed by atoms with Crippen molar-refractivity contribution in [3.8, 4) is 17.2 Å². The molecule has 2 aliphatic heterocycles. The van der Waals surface area contributed by atoms with Crippen molar-refractivity contribution in [1.29, 1.82) is 0 Å². The molecule has 0 fully saturated rings. The number of benzene rings is 3. The monoisotopic (exact) mass is 516 g/mol. The van der Waals surface area contributed by atoms with Crippen LogP contribution in [0.3, 0.4) is 0 Å². The summed E-state index contributed by atoms with van der Waals surface area (Å²) in [5, 5.41) is 34.0. The van der Waals surface area contributed by atoms with Gasteiger partial charge in [-0.1, -0.05) is 0 Å². The summed E-state index contributed by atoms with van der Waals surface area (Å²) in [5.41, 5.74) is 0.108. The molecule has 2 bridgehead atoms. The number of rotatable bonds is 1. The van der Waals surface area contributed by atoms with Crippen LogP contribution in [0.2, 0.25) is 0 Å². The third-order valence-electron chi connectivity index (χ3n) is 8.37. The fourth-order valence-electron chi connectivity index (χ4n) is 7.15. The summed E-state index contributed by atoms with van der Waals surface area (Å²) in [6.45, 7) is 3.83. The van der Waals surface area contributed by atoms with Crippen molar-refractivity contribution >= 4 is 34.5 Å². The van der Waals surface area contributed by atoms with E-state index in [9.17, 15) is 34.5 Å². The SMILES string of the molecule is CC(=O)O[C@H]1[C@@H]2C(=O)c3c(C)cc(O)c4c3[C@]1(COC4=O)c1c(O)c3c4c(c(O)cc(C)c4c12)C(=O)OC3. The molecule has 10 heteroatoms. The van der Waals surface area contributed by atoms with Crippen molar-refractivity contribution in [1.82, 2.24) is 0 Å². The van der Waals surface area contributed by atoms with Gasteiger partial charge in [-0.2, -0.15) is 0 Å². The van der Waals surface area contributed by atoms with Crippen molar-refractivity contribution in [3.05, 3.63) is 62.2 Å². The molecule has 3 atom stereocenters. The van der Waals surface area contributed by atoms with E-state index in [4.69, 9.17) is 14.2 Å². The summed E-state index contributed by atoms with van der Waals surface area (Å²) in [6.07, 6.45) is -1.22. The number of carbonyl (C=O) groups excluding carboxylic acids is 4. The zero-order chi connectivity index (χ0) is 27.0. The van der Waals surface area contributed by atoms with E-state index in [1.54, 1.807) is 13.8 Å². The van der Waals surface area contributed by atoms with E-state index in [0.717, 1.165) is 0 Å². The van der Waals surface area contributed by atoms with Gasteiger partial charge in [-0.05, 0) is 53.6 Å². The van der Waals surface area contributed by atoms with Gasteiger partial charge in [-0.25, -0.2) is 9.59 Å². The average Bonchev–Trinajstić information content (AvgIpc) is 3.04. The number of carbonyl (C=O) groups is 4. The van der Waals surface area contributed by atoms with Gasteiger partial charge in [-0.3, -0.25) is 9.59 Å². The van der Waals surface area contributed by atoms with E-state index < -0.39 is 46.9 Å². The van der Waals surface area contributed by atoms with Crippen LogP contribution in [0.1, 0.15) is 77.3 Å². The van der Waals surface area contributed by atoms with Crippen molar-refractivity contribution in [2.24, 2.45) is 0 Å². The minimum atomic E-state index is -1.53. The summed E-state index contributed by atoms with van der Waals surface area (Å²) in [4.78, 5) is 52.3. The average molecular weight is 516 g/mol. The van der Waals surface area contributed by atoms with E-state index in [-0.39, 0.29) is 63.5 Å². The van der Waals surface area contributed by atoms with E-state index in [1.807, 2.05) is 0 Å². The lowest BCUT2D eigenvalue weighted by atomic mass is 9.63. The molecule has 3 N–H and O–H groups in total. The molecule has 2 aliphatic carbocycles. The van der Waals surface area contributed by atoms with Crippen LogP contribution in [0, 0.1) is 13.8 Å². The van der Waals surface area contributed by atoms with Crippen LogP contribution in [0.15, 0.2) is 12.1 Å². The maximum atomic E-state index is 14.3. The predicted octanol–water partition coefficient (Wildman–Crippen LogP) is 2.93. The van der Waals surface area contributed by atoms with E-state index >= 15 is 0 Å². The largest absolute Gasteiger partial charge is 0.507 e. The Bertz CT molecular complexity index is 1750. The van der Waals surface area contributed by atoms with Crippen LogP contribution in [-0.4, -0.2) is 51.7 Å². The lowest BCUT2D eigenvalue weighted by molar-refractivity contribution is -0.150. The molecule has 3 aromatic rings. The van der Waals surface area contributed by atoms with Crippen molar-refractivity contribution in [2.75, 3.05) is 6.61 Å². The Kier molecular flexibility index (Phi) is 4.06. The van der Waals surface area contributed by atoms with E-state index in [0.29, 0.717) is 22.1 Å². The molecule has 0 radical (unpaired) electrons. The quantitative estimate of drug-likeness (QED) is 0.325. The highest BCUT2D eigenvalue weighted by Crippen LogP contribution is 2.65. The number of cyclic esters (lactones) is 2. The van der Waals surface area contributed by atoms with Crippen LogP contribution in [0.25, 0.3) is 10.8 Å². The first-order valence-electron chi connectivity index (χ1n) is 12.0. The lowest BCUT2D eigenvalue weighted by Crippen LogP contribution is -2.54. The zero-order valence-corrected chi connectivity index (χ0v) is 20.4. The predicted molar refractivity (Wildman–Crippen MR) is 128 cm³/mol. The second-order valence-corrected chi connectivity index (χ2v) is 10.3. The first-order chi connectivity index (χ1) is 18.0. The number of hydrogen-bond donors (Lipinski definition) is 3. The van der Waals surface area contributed by atoms with Gasteiger partial charge < -0.3 is 29.5 Å². The van der Waals surface area contributed by atoms with Crippen LogP contribution in [0.4, 0.5) is 0 Å². The molecule has 4 aliphatic rings. The summed E-state index contributed by atoms with van der Waals surface area (Å²) < 4.78 is 16.6. The van der Waals surface area contributed by atoms with Crippen molar-refractivity contribution < 1.29 is 48.7 Å². The fraction of sp³-hybridized carbons (Fsp3) is 0.286. The maximum Gasteiger partial charge on any atom is 0.342 e. The molecule has 0 saturated carbocycles. The molecule has 0 unspecified atom stereocenters. The molecule has 10 nitrogen and oxygen atoms in total. The van der Waals surface area contributed by atoms with Crippen LogP contribution < -0.4 is 0 Å². The van der Waals surface area contributed by atoms with Gasteiger partial charge >= 0.3 is 17.9 Å². The molecule has 2 heterocycles. The number of Topliss-reactive ketones (excluding diaryl/α,β-unsaturated/α-hetero) is 1. The fourth-order valence-corrected chi connectivity index (χ4v) is 7.15. The van der Waals surface area contributed by atoms with Gasteiger partial charge in [-0.15, -0.1) is 0 Å². The number of esters is 3. The number of ketones is 1. The summed E-state index contributed by atoms with van der Waals surface area (Å²) >= 11 is 0. The highest BCUT2D eigenvalue weighted by atomic mass is 16.6. The molecule has 0 saturated heterocycles. The van der Waals surface area contributed by atoms with E-state index in [2.05, 4.69) is 0 Å². The molecule has 38 heavy (non-hydrogen) atoms. The Balaban J connectivity index is 1.75. The summed E-state index contributed by atoms with van der Waals surface area (Å²) in [7, 11) is 0. The molecule has 7 rings (SSSR count). The van der Waals surface area contributed by atoms with Gasteiger partial charge in [0, 0.05) is 29.0 Å². The number of fused-ring (bicyclic) bond motifs is 4. The van der Waals surface area contributed by atoms with E-state index in [1.165, 1.54) is 19.1 Å². The number of aromatic hydroxyl groups is 3. The van der Waals surface area contributed by atoms with Crippen LogP contribution >= 0.6 is 0 Å². The molecule has 0 amide bonds. The van der Waals surface area contributed by atoms with Crippen molar-refractivity contribution in [2.45, 2.75) is 44.8 Å². The number of aryl methyl sites for hydroxylation is 2. The summed E-state index contributed by atoms with van der Waals surface area (Å²) in [5.74, 6) is -4.95. The highest BCUT2D eigenvalue weighted by Gasteiger charge is 2.67. The number of ether oxygens (including phenoxy) is 3.